The number of carbonyl (C=O) groups excluding carboxylic acids is 1. The molecular weight excluding hydrogens is 425 g/mol. The normalized spacial score (nSPS) is 15.9. The molecule has 3 aromatic rings. The molecule has 9 nitrogen and oxygen atoms in total. The average molecular weight is 449 g/mol. The van der Waals surface area contributed by atoms with Crippen molar-refractivity contribution in [3.8, 4) is 5.75 Å². The highest BCUT2D eigenvalue weighted by Gasteiger charge is 2.17. The fraction of sp³-hybridized carbons (Fsp3) is 0.261. The maximum Gasteiger partial charge on any atom is 0.262 e. The molecule has 0 unspecified atom stereocenters. The predicted octanol–water partition coefficient (Wildman–Crippen LogP) is 3.19. The van der Waals surface area contributed by atoms with Gasteiger partial charge in [-0.3, -0.25) is 4.79 Å². The molecule has 170 valence electrons. The van der Waals surface area contributed by atoms with Crippen LogP contribution in [-0.4, -0.2) is 60.6 Å². The number of hydrogen-bond donors (Lipinski definition) is 3. The number of carbonyl (C=O) groups is 1. The van der Waals surface area contributed by atoms with Gasteiger partial charge in [0.2, 0.25) is 5.95 Å². The summed E-state index contributed by atoms with van der Waals surface area (Å²) < 4.78 is 19.8. The topological polar surface area (TPSA) is 94.7 Å². The number of aromatic nitrogens is 2. The Morgan fingerprint density at radius 3 is 2.73 bits per heavy atom. The Bertz CT molecular complexity index is 1180. The maximum atomic E-state index is 14.4. The molecule has 0 aliphatic carbocycles. The second kappa shape index (κ2) is 8.91. The zero-order valence-electron chi connectivity index (χ0n) is 18.1. The van der Waals surface area contributed by atoms with Crippen LogP contribution in [0.2, 0.25) is 0 Å². The van der Waals surface area contributed by atoms with Gasteiger partial charge in [-0.05, 0) is 43.4 Å². The summed E-state index contributed by atoms with van der Waals surface area (Å²) in [4.78, 5) is 24.6. The van der Waals surface area contributed by atoms with Crippen LogP contribution in [0.5, 0.6) is 5.75 Å². The van der Waals surface area contributed by atoms with Crippen molar-refractivity contribution >= 4 is 40.4 Å². The van der Waals surface area contributed by atoms with Crippen molar-refractivity contribution in [3.05, 3.63) is 54.5 Å². The van der Waals surface area contributed by atoms with Gasteiger partial charge >= 0.3 is 0 Å². The number of fused-ring (bicyclic) bond motifs is 1. The van der Waals surface area contributed by atoms with E-state index in [-0.39, 0.29) is 24.3 Å². The fourth-order valence-corrected chi connectivity index (χ4v) is 3.79. The predicted molar refractivity (Wildman–Crippen MR) is 125 cm³/mol. The molecular formula is C23H24FN7O2. The summed E-state index contributed by atoms with van der Waals surface area (Å²) in [5.41, 5.74) is 3.01. The lowest BCUT2D eigenvalue weighted by Gasteiger charge is -2.34. The number of ether oxygens (including phenoxy) is 1. The zero-order valence-corrected chi connectivity index (χ0v) is 18.1. The zero-order chi connectivity index (χ0) is 22.8. The van der Waals surface area contributed by atoms with E-state index >= 15 is 0 Å². The number of amides is 1. The van der Waals surface area contributed by atoms with Gasteiger partial charge in [0.1, 0.15) is 5.75 Å². The van der Waals surface area contributed by atoms with Crippen molar-refractivity contribution < 1.29 is 13.9 Å². The lowest BCUT2D eigenvalue weighted by molar-refractivity contribution is -0.118. The second-order valence-corrected chi connectivity index (χ2v) is 8.03. The molecule has 33 heavy (non-hydrogen) atoms. The molecule has 3 N–H and O–H groups in total. The van der Waals surface area contributed by atoms with E-state index in [2.05, 4.69) is 48.8 Å². The van der Waals surface area contributed by atoms with Crippen LogP contribution in [-0.2, 0) is 4.79 Å². The SMILES string of the molecule is CN1CCN(c2cccc(Nc3ncc(F)c(Nc4ccc5c(c4)NC(=O)CO5)n3)c2)CC1. The van der Waals surface area contributed by atoms with Crippen LogP contribution >= 0.6 is 0 Å². The molecule has 3 heterocycles. The number of nitrogens with zero attached hydrogens (tertiary/aromatic N) is 4. The van der Waals surface area contributed by atoms with Crippen molar-refractivity contribution in [1.29, 1.82) is 0 Å². The van der Waals surface area contributed by atoms with Gasteiger partial charge in [-0.1, -0.05) is 6.07 Å². The Labute approximate surface area is 190 Å². The largest absolute Gasteiger partial charge is 0.482 e. The van der Waals surface area contributed by atoms with E-state index in [4.69, 9.17) is 4.74 Å². The van der Waals surface area contributed by atoms with E-state index in [1.807, 2.05) is 18.2 Å². The number of piperazine rings is 1. The minimum absolute atomic E-state index is 0.0192. The molecule has 2 aromatic carbocycles. The summed E-state index contributed by atoms with van der Waals surface area (Å²) in [6.45, 7) is 3.95. The molecule has 1 aromatic heterocycles. The van der Waals surface area contributed by atoms with E-state index in [0.717, 1.165) is 43.8 Å². The number of hydrogen-bond acceptors (Lipinski definition) is 8. The van der Waals surface area contributed by atoms with Crippen LogP contribution < -0.4 is 25.6 Å². The first-order chi connectivity index (χ1) is 16.0. The fourth-order valence-electron chi connectivity index (χ4n) is 3.79. The Morgan fingerprint density at radius 1 is 1.06 bits per heavy atom. The summed E-state index contributed by atoms with van der Waals surface area (Å²) in [5.74, 6) is 0.0172. The number of benzene rings is 2. The molecule has 1 amide bonds. The Kier molecular flexibility index (Phi) is 5.66. The molecule has 1 fully saturated rings. The minimum atomic E-state index is -0.593. The standard InChI is InChI=1S/C23H24FN7O2/c1-30-7-9-31(10-8-30)17-4-2-3-15(11-17)27-23-25-13-18(24)22(29-23)26-16-5-6-20-19(12-16)28-21(32)14-33-20/h2-6,11-13H,7-10,14H2,1H3,(H,28,32)(H2,25,26,27,29). The van der Waals surface area contributed by atoms with Gasteiger partial charge in [-0.25, -0.2) is 9.37 Å². The second-order valence-electron chi connectivity index (χ2n) is 8.03. The van der Waals surface area contributed by atoms with Crippen molar-refractivity contribution in [3.63, 3.8) is 0 Å². The van der Waals surface area contributed by atoms with Gasteiger partial charge in [0, 0.05) is 43.2 Å². The maximum absolute atomic E-state index is 14.4. The van der Waals surface area contributed by atoms with Gasteiger partial charge in [0.05, 0.1) is 11.9 Å². The highest BCUT2D eigenvalue weighted by Crippen LogP contribution is 2.32. The van der Waals surface area contributed by atoms with Gasteiger partial charge in [-0.2, -0.15) is 4.98 Å². The van der Waals surface area contributed by atoms with Crippen LogP contribution in [0.4, 0.5) is 38.9 Å². The van der Waals surface area contributed by atoms with Crippen molar-refractivity contribution in [2.75, 3.05) is 60.7 Å². The van der Waals surface area contributed by atoms with E-state index in [1.54, 1.807) is 18.2 Å². The Morgan fingerprint density at radius 2 is 1.88 bits per heavy atom. The van der Waals surface area contributed by atoms with E-state index < -0.39 is 5.82 Å². The summed E-state index contributed by atoms with van der Waals surface area (Å²) in [6, 6.07) is 13.1. The molecule has 2 aliphatic heterocycles. The summed E-state index contributed by atoms with van der Waals surface area (Å²) in [6.07, 6.45) is 1.12. The third-order valence-electron chi connectivity index (χ3n) is 5.59. The third kappa shape index (κ3) is 4.80. The van der Waals surface area contributed by atoms with Crippen LogP contribution in [0.15, 0.2) is 48.7 Å². The molecule has 1 saturated heterocycles. The first-order valence-electron chi connectivity index (χ1n) is 10.7. The van der Waals surface area contributed by atoms with Crippen molar-refractivity contribution in [1.82, 2.24) is 14.9 Å². The molecule has 10 heteroatoms. The van der Waals surface area contributed by atoms with Gasteiger partial charge in [-0.15, -0.1) is 0 Å². The number of nitrogens with one attached hydrogen (secondary N) is 3. The summed E-state index contributed by atoms with van der Waals surface area (Å²) >= 11 is 0. The average Bonchev–Trinajstić information content (AvgIpc) is 2.82. The van der Waals surface area contributed by atoms with Gasteiger partial charge in [0.25, 0.3) is 5.91 Å². The number of rotatable bonds is 5. The smallest absolute Gasteiger partial charge is 0.262 e. The molecule has 0 bridgehead atoms. The molecule has 0 atom stereocenters. The molecule has 0 radical (unpaired) electrons. The van der Waals surface area contributed by atoms with Crippen LogP contribution in [0, 0.1) is 5.82 Å². The van der Waals surface area contributed by atoms with Crippen LogP contribution in [0.3, 0.4) is 0 Å². The van der Waals surface area contributed by atoms with E-state index in [0.29, 0.717) is 17.1 Å². The highest BCUT2D eigenvalue weighted by atomic mass is 19.1. The van der Waals surface area contributed by atoms with Crippen LogP contribution in [0.1, 0.15) is 0 Å². The summed E-state index contributed by atoms with van der Waals surface area (Å²) in [7, 11) is 2.13. The molecule has 2 aliphatic rings. The lowest BCUT2D eigenvalue weighted by atomic mass is 10.2. The summed E-state index contributed by atoms with van der Waals surface area (Å²) in [5, 5.41) is 8.83. The van der Waals surface area contributed by atoms with Gasteiger partial charge in [0.15, 0.2) is 18.2 Å². The van der Waals surface area contributed by atoms with E-state index in [1.165, 1.54) is 0 Å². The molecule has 5 rings (SSSR count). The van der Waals surface area contributed by atoms with Crippen molar-refractivity contribution in [2.24, 2.45) is 0 Å². The number of likely N-dealkylation sites (N-methyl/N-ethyl adjacent to an activating group) is 1. The first kappa shape index (κ1) is 21.0. The monoisotopic (exact) mass is 449 g/mol. The highest BCUT2D eigenvalue weighted by molar-refractivity contribution is 5.96. The quantitative estimate of drug-likeness (QED) is 0.547. The minimum Gasteiger partial charge on any atom is -0.482 e. The Balaban J connectivity index is 1.32. The van der Waals surface area contributed by atoms with E-state index in [9.17, 15) is 9.18 Å². The van der Waals surface area contributed by atoms with Crippen LogP contribution in [0.25, 0.3) is 0 Å². The lowest BCUT2D eigenvalue weighted by Crippen LogP contribution is -2.44. The number of halogens is 1. The third-order valence-corrected chi connectivity index (χ3v) is 5.59. The van der Waals surface area contributed by atoms with Crippen molar-refractivity contribution in [2.45, 2.75) is 0 Å². The number of anilines is 6. The van der Waals surface area contributed by atoms with Gasteiger partial charge < -0.3 is 30.5 Å². The molecule has 0 saturated carbocycles. The molecule has 0 spiro atoms. The first-order valence-corrected chi connectivity index (χ1v) is 10.7. The Hall–Kier alpha value is -3.92.